The minimum atomic E-state index is 0.241. The van der Waals surface area contributed by atoms with E-state index < -0.39 is 0 Å². The number of hydrogen-bond acceptors (Lipinski definition) is 2. The zero-order chi connectivity index (χ0) is 9.97. The Morgan fingerprint density at radius 2 is 2.29 bits per heavy atom. The van der Waals surface area contributed by atoms with Gasteiger partial charge in [-0.25, -0.2) is 0 Å². The summed E-state index contributed by atoms with van der Waals surface area (Å²) in [6, 6.07) is 6.13. The number of halogens is 1. The predicted molar refractivity (Wildman–Crippen MR) is 59.2 cm³/mol. The zero-order valence-corrected chi connectivity index (χ0v) is 9.21. The van der Waals surface area contributed by atoms with Crippen LogP contribution in [0, 0.1) is 0 Å². The van der Waals surface area contributed by atoms with E-state index in [4.69, 9.17) is 5.11 Å². The quantitative estimate of drug-likeness (QED) is 0.883. The maximum absolute atomic E-state index is 8.73. The lowest BCUT2D eigenvalue weighted by Gasteiger charge is -1.98. The topological polar surface area (TPSA) is 48.9 Å². The Morgan fingerprint density at radius 3 is 3.07 bits per heavy atom. The van der Waals surface area contributed by atoms with Crippen molar-refractivity contribution < 1.29 is 5.11 Å². The van der Waals surface area contributed by atoms with Crippen molar-refractivity contribution in [2.24, 2.45) is 0 Å². The highest BCUT2D eigenvalue weighted by molar-refractivity contribution is 9.10. The van der Waals surface area contributed by atoms with Gasteiger partial charge in [0.15, 0.2) is 0 Å². The molecule has 0 spiro atoms. The van der Waals surface area contributed by atoms with Gasteiger partial charge in [-0.05, 0) is 46.5 Å². The Hall–Kier alpha value is -0.870. The predicted octanol–water partition coefficient (Wildman–Crippen LogP) is 2.25. The van der Waals surface area contributed by atoms with Crippen LogP contribution in [0.25, 0.3) is 10.9 Å². The van der Waals surface area contributed by atoms with E-state index >= 15 is 0 Å². The molecule has 0 radical (unpaired) electrons. The Morgan fingerprint density at radius 1 is 1.43 bits per heavy atom. The number of aliphatic hydroxyl groups is 1. The number of aliphatic hydroxyl groups excluding tert-OH is 1. The Bertz CT molecular complexity index is 439. The molecular formula is C10H11BrN2O. The minimum Gasteiger partial charge on any atom is -0.396 e. The number of rotatable bonds is 3. The summed E-state index contributed by atoms with van der Waals surface area (Å²) in [5.74, 6) is 0. The second kappa shape index (κ2) is 4.11. The zero-order valence-electron chi connectivity index (χ0n) is 7.63. The second-order valence-electron chi connectivity index (χ2n) is 3.22. The first-order valence-corrected chi connectivity index (χ1v) is 5.34. The van der Waals surface area contributed by atoms with Crippen LogP contribution in [-0.2, 0) is 6.42 Å². The molecule has 0 saturated carbocycles. The van der Waals surface area contributed by atoms with E-state index in [0.29, 0.717) is 0 Å². The van der Waals surface area contributed by atoms with Crippen LogP contribution in [0.5, 0.6) is 0 Å². The Kier molecular flexibility index (Phi) is 2.84. The van der Waals surface area contributed by atoms with Gasteiger partial charge in [0.1, 0.15) is 4.60 Å². The van der Waals surface area contributed by atoms with Crippen molar-refractivity contribution in [3.05, 3.63) is 28.4 Å². The first kappa shape index (κ1) is 9.68. The molecule has 2 N–H and O–H groups in total. The third kappa shape index (κ3) is 1.81. The maximum Gasteiger partial charge on any atom is 0.108 e. The molecule has 0 aliphatic carbocycles. The van der Waals surface area contributed by atoms with Crippen LogP contribution in [-0.4, -0.2) is 21.9 Å². The van der Waals surface area contributed by atoms with Crippen LogP contribution in [0.4, 0.5) is 0 Å². The summed E-state index contributed by atoms with van der Waals surface area (Å²) in [6.07, 6.45) is 1.71. The van der Waals surface area contributed by atoms with E-state index in [1.54, 1.807) is 0 Å². The van der Waals surface area contributed by atoms with E-state index in [1.165, 1.54) is 5.56 Å². The molecule has 0 saturated heterocycles. The maximum atomic E-state index is 8.73. The van der Waals surface area contributed by atoms with Crippen LogP contribution < -0.4 is 0 Å². The van der Waals surface area contributed by atoms with Crippen molar-refractivity contribution in [1.29, 1.82) is 0 Å². The summed E-state index contributed by atoms with van der Waals surface area (Å²) in [4.78, 5) is 0. The van der Waals surface area contributed by atoms with E-state index in [1.807, 2.05) is 12.1 Å². The van der Waals surface area contributed by atoms with Gasteiger partial charge in [-0.1, -0.05) is 6.07 Å². The number of nitrogens with one attached hydrogen (secondary N) is 1. The van der Waals surface area contributed by atoms with Gasteiger partial charge in [0.25, 0.3) is 0 Å². The van der Waals surface area contributed by atoms with Crippen molar-refractivity contribution >= 4 is 26.8 Å². The normalized spacial score (nSPS) is 11.0. The lowest BCUT2D eigenvalue weighted by Crippen LogP contribution is -1.88. The molecular weight excluding hydrogens is 244 g/mol. The van der Waals surface area contributed by atoms with Gasteiger partial charge in [0.2, 0.25) is 0 Å². The summed E-state index contributed by atoms with van der Waals surface area (Å²) in [5, 5.41) is 16.8. The molecule has 0 aliphatic rings. The van der Waals surface area contributed by atoms with Crippen LogP contribution in [0.3, 0.4) is 0 Å². The fourth-order valence-electron chi connectivity index (χ4n) is 1.46. The molecule has 1 aromatic carbocycles. The first-order chi connectivity index (χ1) is 6.81. The molecule has 3 nitrogen and oxygen atoms in total. The monoisotopic (exact) mass is 254 g/mol. The minimum absolute atomic E-state index is 0.241. The lowest BCUT2D eigenvalue weighted by molar-refractivity contribution is 0.288. The summed E-state index contributed by atoms with van der Waals surface area (Å²) in [6.45, 7) is 0.241. The first-order valence-electron chi connectivity index (χ1n) is 4.54. The van der Waals surface area contributed by atoms with Crippen LogP contribution in [0.15, 0.2) is 22.8 Å². The largest absolute Gasteiger partial charge is 0.396 e. The number of aromatic nitrogens is 2. The molecule has 2 aromatic rings. The highest BCUT2D eigenvalue weighted by Crippen LogP contribution is 2.22. The van der Waals surface area contributed by atoms with Gasteiger partial charge in [-0.3, -0.25) is 5.10 Å². The molecule has 0 unspecified atom stereocenters. The summed E-state index contributed by atoms with van der Waals surface area (Å²) in [5.41, 5.74) is 2.19. The van der Waals surface area contributed by atoms with E-state index in [-0.39, 0.29) is 6.61 Å². The number of aromatic amines is 1. The number of hydrogen-bond donors (Lipinski definition) is 2. The SMILES string of the molecule is OCCCc1ccc2n[nH]c(Br)c2c1. The summed E-state index contributed by atoms with van der Waals surface area (Å²) in [7, 11) is 0. The smallest absolute Gasteiger partial charge is 0.108 e. The van der Waals surface area contributed by atoms with Crippen molar-refractivity contribution in [2.45, 2.75) is 12.8 Å². The third-order valence-corrected chi connectivity index (χ3v) is 2.80. The molecule has 0 atom stereocenters. The number of benzene rings is 1. The lowest BCUT2D eigenvalue weighted by atomic mass is 10.1. The Balaban J connectivity index is 2.34. The van der Waals surface area contributed by atoms with Gasteiger partial charge in [-0.15, -0.1) is 0 Å². The van der Waals surface area contributed by atoms with E-state index in [2.05, 4.69) is 32.2 Å². The molecule has 4 heteroatoms. The van der Waals surface area contributed by atoms with Crippen LogP contribution in [0.2, 0.25) is 0 Å². The molecule has 0 fully saturated rings. The second-order valence-corrected chi connectivity index (χ2v) is 4.01. The molecule has 1 heterocycles. The molecule has 0 bridgehead atoms. The van der Waals surface area contributed by atoms with Gasteiger partial charge < -0.3 is 5.11 Å². The fraction of sp³-hybridized carbons (Fsp3) is 0.300. The van der Waals surface area contributed by atoms with E-state index in [0.717, 1.165) is 28.3 Å². The summed E-state index contributed by atoms with van der Waals surface area (Å²) < 4.78 is 0.915. The average molecular weight is 255 g/mol. The van der Waals surface area contributed by atoms with Crippen molar-refractivity contribution in [3.8, 4) is 0 Å². The van der Waals surface area contributed by atoms with Crippen molar-refractivity contribution in [3.63, 3.8) is 0 Å². The van der Waals surface area contributed by atoms with Crippen molar-refractivity contribution in [2.75, 3.05) is 6.61 Å². The van der Waals surface area contributed by atoms with E-state index in [9.17, 15) is 0 Å². The average Bonchev–Trinajstić information content (AvgIpc) is 2.57. The standard InChI is InChI=1S/C10H11BrN2O/c11-10-8-6-7(2-1-5-14)3-4-9(8)12-13-10/h3-4,6,14H,1-2,5H2,(H,12,13). The number of aryl methyl sites for hydroxylation is 1. The molecule has 74 valence electrons. The molecule has 0 aliphatic heterocycles. The molecule has 2 rings (SSSR count). The number of fused-ring (bicyclic) bond motifs is 1. The third-order valence-electron chi connectivity index (χ3n) is 2.20. The van der Waals surface area contributed by atoms with Gasteiger partial charge in [-0.2, -0.15) is 5.10 Å². The Labute approximate surface area is 90.3 Å². The van der Waals surface area contributed by atoms with Gasteiger partial charge >= 0.3 is 0 Å². The van der Waals surface area contributed by atoms with Gasteiger partial charge in [0.05, 0.1) is 5.52 Å². The van der Waals surface area contributed by atoms with Crippen LogP contribution in [0.1, 0.15) is 12.0 Å². The number of H-pyrrole nitrogens is 1. The molecule has 1 aromatic heterocycles. The molecule has 14 heavy (non-hydrogen) atoms. The van der Waals surface area contributed by atoms with Crippen LogP contribution >= 0.6 is 15.9 Å². The highest BCUT2D eigenvalue weighted by atomic mass is 79.9. The molecule has 0 amide bonds. The fourth-order valence-corrected chi connectivity index (χ4v) is 1.87. The summed E-state index contributed by atoms with van der Waals surface area (Å²) >= 11 is 3.40. The van der Waals surface area contributed by atoms with Crippen molar-refractivity contribution in [1.82, 2.24) is 10.2 Å². The highest BCUT2D eigenvalue weighted by Gasteiger charge is 2.02. The number of nitrogens with zero attached hydrogens (tertiary/aromatic N) is 1. The van der Waals surface area contributed by atoms with Gasteiger partial charge in [0, 0.05) is 12.0 Å².